The van der Waals surface area contributed by atoms with E-state index in [1.165, 1.54) is 30.5 Å². The number of hydrogen-bond acceptors (Lipinski definition) is 7. The summed E-state index contributed by atoms with van der Waals surface area (Å²) in [5, 5.41) is 7.11. The molecule has 0 heterocycles. The first-order chi connectivity index (χ1) is 21.1. The topological polar surface area (TPSA) is 126 Å². The molecule has 0 fully saturated rings. The van der Waals surface area contributed by atoms with E-state index >= 15 is 0 Å². The summed E-state index contributed by atoms with van der Waals surface area (Å²) < 4.78 is 39.0. The second kappa shape index (κ2) is 15.0. The van der Waals surface area contributed by atoms with Gasteiger partial charge in [0.1, 0.15) is 18.0 Å². The van der Waals surface area contributed by atoms with Gasteiger partial charge in [0.15, 0.2) is 6.61 Å². The summed E-state index contributed by atoms with van der Waals surface area (Å²) in [5.41, 5.74) is 5.05. The summed E-state index contributed by atoms with van der Waals surface area (Å²) in [6.45, 7) is 3.56. The molecule has 2 N–H and O–H groups in total. The summed E-state index contributed by atoms with van der Waals surface area (Å²) >= 11 is 5.94. The number of carbonyl (C=O) groups is 2. The van der Waals surface area contributed by atoms with Crippen LogP contribution in [0.2, 0.25) is 5.02 Å². The predicted molar refractivity (Wildman–Crippen MR) is 171 cm³/mol. The van der Waals surface area contributed by atoms with Crippen LogP contribution in [0.15, 0.2) is 107 Å². The largest absolute Gasteiger partial charge is 0.494 e. The molecule has 10 nitrogen and oxygen atoms in total. The number of carbonyl (C=O) groups excluding carboxylic acids is 2. The van der Waals surface area contributed by atoms with E-state index in [1.807, 2.05) is 38.1 Å². The molecule has 228 valence electrons. The lowest BCUT2D eigenvalue weighted by Gasteiger charge is -2.24. The number of halogens is 1. The first-order valence-corrected chi connectivity index (χ1v) is 15.4. The van der Waals surface area contributed by atoms with Crippen LogP contribution in [0.1, 0.15) is 18.1 Å². The van der Waals surface area contributed by atoms with Crippen molar-refractivity contribution in [1.82, 2.24) is 5.43 Å². The van der Waals surface area contributed by atoms with E-state index in [2.05, 4.69) is 15.8 Å². The first-order valence-electron chi connectivity index (χ1n) is 13.6. The molecule has 0 atom stereocenters. The summed E-state index contributed by atoms with van der Waals surface area (Å²) in [5.74, 6) is 0.0893. The Morgan fingerprint density at radius 3 is 2.09 bits per heavy atom. The van der Waals surface area contributed by atoms with Crippen molar-refractivity contribution in [2.45, 2.75) is 18.7 Å². The molecule has 0 saturated heterocycles. The summed E-state index contributed by atoms with van der Waals surface area (Å²) in [6, 6.07) is 26.2. The van der Waals surface area contributed by atoms with Gasteiger partial charge >= 0.3 is 0 Å². The number of anilines is 2. The highest BCUT2D eigenvalue weighted by Gasteiger charge is 2.27. The van der Waals surface area contributed by atoms with Crippen molar-refractivity contribution in [1.29, 1.82) is 0 Å². The minimum absolute atomic E-state index is 0.0259. The molecule has 0 bridgehead atoms. The molecule has 0 saturated carbocycles. The van der Waals surface area contributed by atoms with Crippen molar-refractivity contribution in [3.05, 3.63) is 113 Å². The van der Waals surface area contributed by atoms with Crippen molar-refractivity contribution < 1.29 is 27.5 Å². The van der Waals surface area contributed by atoms with Gasteiger partial charge in [0.25, 0.3) is 21.8 Å². The Morgan fingerprint density at radius 2 is 1.45 bits per heavy atom. The van der Waals surface area contributed by atoms with E-state index in [1.54, 1.807) is 48.5 Å². The van der Waals surface area contributed by atoms with Gasteiger partial charge in [-0.25, -0.2) is 13.8 Å². The maximum absolute atomic E-state index is 13.5. The van der Waals surface area contributed by atoms with Gasteiger partial charge < -0.3 is 14.8 Å². The number of nitrogens with zero attached hydrogens (tertiary/aromatic N) is 2. The molecule has 0 aromatic heterocycles. The maximum atomic E-state index is 13.5. The van der Waals surface area contributed by atoms with Crippen molar-refractivity contribution in [3.63, 3.8) is 0 Å². The number of benzene rings is 4. The zero-order chi connectivity index (χ0) is 31.5. The fourth-order valence-electron chi connectivity index (χ4n) is 3.90. The van der Waals surface area contributed by atoms with Gasteiger partial charge in [-0.3, -0.25) is 13.9 Å². The second-order valence-corrected chi connectivity index (χ2v) is 11.8. The molecule has 0 spiro atoms. The maximum Gasteiger partial charge on any atom is 0.264 e. The van der Waals surface area contributed by atoms with E-state index in [4.69, 9.17) is 21.1 Å². The third-order valence-electron chi connectivity index (χ3n) is 6.11. The van der Waals surface area contributed by atoms with Gasteiger partial charge in [-0.15, -0.1) is 0 Å². The number of rotatable bonds is 13. The van der Waals surface area contributed by atoms with E-state index in [0.29, 0.717) is 34.4 Å². The van der Waals surface area contributed by atoms with Crippen LogP contribution in [0.3, 0.4) is 0 Å². The summed E-state index contributed by atoms with van der Waals surface area (Å²) in [7, 11) is -4.13. The fourth-order valence-corrected chi connectivity index (χ4v) is 5.45. The molecule has 44 heavy (non-hydrogen) atoms. The van der Waals surface area contributed by atoms with Crippen LogP contribution in [0, 0.1) is 6.92 Å². The molecule has 0 aliphatic heterocycles. The molecule has 0 aliphatic rings. The normalized spacial score (nSPS) is 11.2. The predicted octanol–water partition coefficient (Wildman–Crippen LogP) is 5.41. The number of ether oxygens (including phenoxy) is 2. The summed E-state index contributed by atoms with van der Waals surface area (Å²) in [4.78, 5) is 25.0. The molecule has 2 amide bonds. The van der Waals surface area contributed by atoms with Crippen LogP contribution in [0.5, 0.6) is 11.5 Å². The van der Waals surface area contributed by atoms with Gasteiger partial charge in [0.2, 0.25) is 0 Å². The minimum atomic E-state index is -4.13. The number of nitrogens with one attached hydrogen (secondary N) is 2. The zero-order valence-electron chi connectivity index (χ0n) is 24.1. The van der Waals surface area contributed by atoms with Gasteiger partial charge in [0.05, 0.1) is 23.4 Å². The highest BCUT2D eigenvalue weighted by molar-refractivity contribution is 7.92. The van der Waals surface area contributed by atoms with E-state index in [-0.39, 0.29) is 23.1 Å². The number of amides is 2. The molecule has 4 aromatic carbocycles. The zero-order valence-corrected chi connectivity index (χ0v) is 25.6. The Balaban J connectivity index is 1.36. The molecule has 4 aromatic rings. The quantitative estimate of drug-likeness (QED) is 0.150. The number of hydrazone groups is 1. The third-order valence-corrected chi connectivity index (χ3v) is 8.15. The van der Waals surface area contributed by atoms with Gasteiger partial charge in [-0.05, 0) is 104 Å². The van der Waals surface area contributed by atoms with Crippen molar-refractivity contribution >= 4 is 51.0 Å². The van der Waals surface area contributed by atoms with Crippen LogP contribution in [-0.4, -0.2) is 46.2 Å². The van der Waals surface area contributed by atoms with Crippen molar-refractivity contribution in [2.24, 2.45) is 5.10 Å². The lowest BCUT2D eigenvalue weighted by molar-refractivity contribution is -0.119. The number of sulfonamides is 1. The number of aryl methyl sites for hydroxylation is 1. The second-order valence-electron chi connectivity index (χ2n) is 9.46. The molecule has 12 heteroatoms. The Kier molecular flexibility index (Phi) is 11.0. The van der Waals surface area contributed by atoms with Crippen molar-refractivity contribution in [2.75, 3.05) is 29.4 Å². The Bertz CT molecular complexity index is 1690. The van der Waals surface area contributed by atoms with E-state index in [0.717, 1.165) is 9.87 Å². The first kappa shape index (κ1) is 32.1. The van der Waals surface area contributed by atoms with Crippen LogP contribution >= 0.6 is 11.6 Å². The highest BCUT2D eigenvalue weighted by Crippen LogP contribution is 2.26. The average Bonchev–Trinajstić information content (AvgIpc) is 3.01. The van der Waals surface area contributed by atoms with E-state index in [9.17, 15) is 18.0 Å². The molecule has 0 radical (unpaired) electrons. The van der Waals surface area contributed by atoms with Crippen LogP contribution < -0.4 is 24.5 Å². The lowest BCUT2D eigenvalue weighted by atomic mass is 10.2. The Labute approximate surface area is 261 Å². The summed E-state index contributed by atoms with van der Waals surface area (Å²) in [6.07, 6.45) is 1.40. The molecule has 4 rings (SSSR count). The standard InChI is InChI=1S/C32H31ClN4O6S/c1-3-42-28-16-12-27(13-17-28)37(44(40,41)30-18-8-25(33)9-19-30)21-31(38)36-34-20-24-6-14-29(15-7-24)43-22-32(39)35-26-10-4-23(2)5-11-26/h4-20H,3,21-22H2,1-2H3,(H,35,39)(H,36,38)/b34-20-. The van der Waals surface area contributed by atoms with Crippen molar-refractivity contribution in [3.8, 4) is 11.5 Å². The van der Waals surface area contributed by atoms with Gasteiger partial charge in [-0.1, -0.05) is 29.3 Å². The van der Waals surface area contributed by atoms with Crippen LogP contribution in [0.25, 0.3) is 0 Å². The highest BCUT2D eigenvalue weighted by atomic mass is 35.5. The molecular weight excluding hydrogens is 604 g/mol. The smallest absolute Gasteiger partial charge is 0.264 e. The van der Waals surface area contributed by atoms with Crippen LogP contribution in [-0.2, 0) is 19.6 Å². The molecule has 0 aliphatic carbocycles. The van der Waals surface area contributed by atoms with Gasteiger partial charge in [-0.2, -0.15) is 5.10 Å². The molecule has 0 unspecified atom stereocenters. The molecular formula is C32H31ClN4O6S. The lowest BCUT2D eigenvalue weighted by Crippen LogP contribution is -2.39. The number of hydrogen-bond donors (Lipinski definition) is 2. The minimum Gasteiger partial charge on any atom is -0.494 e. The Morgan fingerprint density at radius 1 is 0.841 bits per heavy atom. The third kappa shape index (κ3) is 9.06. The monoisotopic (exact) mass is 634 g/mol. The van der Waals surface area contributed by atoms with Gasteiger partial charge in [0, 0.05) is 10.7 Å². The van der Waals surface area contributed by atoms with Crippen LogP contribution in [0.4, 0.5) is 11.4 Å². The Hall–Kier alpha value is -4.87. The van der Waals surface area contributed by atoms with E-state index < -0.39 is 22.5 Å². The average molecular weight is 635 g/mol. The fraction of sp³-hybridized carbons (Fsp3) is 0.156. The SMILES string of the molecule is CCOc1ccc(N(CC(=O)N/N=C\c2ccc(OCC(=O)Nc3ccc(C)cc3)cc2)S(=O)(=O)c2ccc(Cl)cc2)cc1.